The number of aromatic nitrogens is 2. The minimum atomic E-state index is 0.114. The van der Waals surface area contributed by atoms with Gasteiger partial charge < -0.3 is 5.32 Å². The van der Waals surface area contributed by atoms with E-state index in [4.69, 9.17) is 0 Å². The summed E-state index contributed by atoms with van der Waals surface area (Å²) in [6.45, 7) is 9.35. The summed E-state index contributed by atoms with van der Waals surface area (Å²) in [6.07, 6.45) is 0.869. The first-order valence-corrected chi connectivity index (χ1v) is 7.36. The van der Waals surface area contributed by atoms with Crippen molar-refractivity contribution in [2.75, 3.05) is 0 Å². The predicted molar refractivity (Wildman–Crippen MR) is 80.5 cm³/mol. The van der Waals surface area contributed by atoms with Crippen LogP contribution in [0.4, 0.5) is 0 Å². The quantitative estimate of drug-likeness (QED) is 0.930. The molecule has 2 rings (SSSR count). The molecule has 0 amide bonds. The largest absolute Gasteiger partial charge is 0.306 e. The molecule has 0 aliphatic carbocycles. The van der Waals surface area contributed by atoms with Crippen LogP contribution in [0.3, 0.4) is 0 Å². The van der Waals surface area contributed by atoms with Crippen molar-refractivity contribution >= 4 is 11.3 Å². The molecule has 4 heteroatoms. The van der Waals surface area contributed by atoms with Gasteiger partial charge in [-0.2, -0.15) is 0 Å². The molecule has 1 heterocycles. The summed E-state index contributed by atoms with van der Waals surface area (Å²) in [5, 5.41) is 14.1. The zero-order valence-electron chi connectivity index (χ0n) is 12.0. The lowest BCUT2D eigenvalue weighted by Crippen LogP contribution is -2.35. The first kappa shape index (κ1) is 14.2. The summed E-state index contributed by atoms with van der Waals surface area (Å²) < 4.78 is 0. The van der Waals surface area contributed by atoms with Crippen LogP contribution in [0.25, 0.3) is 0 Å². The minimum Gasteiger partial charge on any atom is -0.306 e. The van der Waals surface area contributed by atoms with Crippen LogP contribution >= 0.6 is 11.3 Å². The van der Waals surface area contributed by atoms with Gasteiger partial charge in [0.2, 0.25) is 0 Å². The molecule has 0 unspecified atom stereocenters. The third-order valence-electron chi connectivity index (χ3n) is 2.75. The maximum Gasteiger partial charge on any atom is 0.131 e. The van der Waals surface area contributed by atoms with E-state index in [1.54, 1.807) is 11.3 Å². The highest BCUT2D eigenvalue weighted by atomic mass is 32.1. The van der Waals surface area contributed by atoms with Gasteiger partial charge in [0.25, 0.3) is 0 Å². The van der Waals surface area contributed by atoms with Crippen molar-refractivity contribution in [2.45, 2.75) is 46.2 Å². The van der Waals surface area contributed by atoms with Gasteiger partial charge in [-0.3, -0.25) is 0 Å². The van der Waals surface area contributed by atoms with Crippen LogP contribution in [0, 0.1) is 6.92 Å². The summed E-state index contributed by atoms with van der Waals surface area (Å²) >= 11 is 1.69. The van der Waals surface area contributed by atoms with Crippen molar-refractivity contribution in [3.63, 3.8) is 0 Å². The van der Waals surface area contributed by atoms with E-state index in [9.17, 15) is 0 Å². The van der Waals surface area contributed by atoms with Crippen LogP contribution in [0.2, 0.25) is 0 Å². The summed E-state index contributed by atoms with van der Waals surface area (Å²) in [7, 11) is 0. The zero-order valence-corrected chi connectivity index (χ0v) is 12.8. The highest BCUT2D eigenvalue weighted by Gasteiger charge is 2.11. The molecule has 1 aromatic heterocycles. The van der Waals surface area contributed by atoms with Crippen LogP contribution in [-0.4, -0.2) is 15.7 Å². The molecule has 0 atom stereocenters. The van der Waals surface area contributed by atoms with E-state index in [1.807, 2.05) is 0 Å². The Bertz CT molecular complexity index is 523. The van der Waals surface area contributed by atoms with Crippen LogP contribution in [-0.2, 0) is 13.0 Å². The summed E-state index contributed by atoms with van der Waals surface area (Å²) in [5.41, 5.74) is 2.69. The normalized spacial score (nSPS) is 11.8. The fourth-order valence-corrected chi connectivity index (χ4v) is 2.47. The second kappa shape index (κ2) is 5.80. The van der Waals surface area contributed by atoms with Crippen molar-refractivity contribution in [1.29, 1.82) is 0 Å². The van der Waals surface area contributed by atoms with E-state index < -0.39 is 0 Å². The van der Waals surface area contributed by atoms with Gasteiger partial charge in [0.05, 0.1) is 6.54 Å². The minimum absolute atomic E-state index is 0.114. The molecule has 0 saturated heterocycles. The van der Waals surface area contributed by atoms with E-state index >= 15 is 0 Å². The van der Waals surface area contributed by atoms with Crippen molar-refractivity contribution in [1.82, 2.24) is 15.5 Å². The van der Waals surface area contributed by atoms with Crippen molar-refractivity contribution in [3.8, 4) is 0 Å². The smallest absolute Gasteiger partial charge is 0.131 e. The molecule has 102 valence electrons. The molecule has 0 radical (unpaired) electrons. The number of hydrogen-bond donors (Lipinski definition) is 1. The number of hydrogen-bond acceptors (Lipinski definition) is 4. The van der Waals surface area contributed by atoms with Crippen LogP contribution in [0.5, 0.6) is 0 Å². The molecule has 0 aliphatic rings. The molecule has 1 aromatic carbocycles. The Morgan fingerprint density at radius 3 is 2.32 bits per heavy atom. The third-order valence-corrected chi connectivity index (χ3v) is 3.68. The van der Waals surface area contributed by atoms with E-state index in [0.717, 1.165) is 23.0 Å². The van der Waals surface area contributed by atoms with Gasteiger partial charge in [0.1, 0.15) is 10.0 Å². The molecule has 3 nitrogen and oxygen atoms in total. The molecule has 2 aromatic rings. The molecule has 1 N–H and O–H groups in total. The third kappa shape index (κ3) is 4.73. The van der Waals surface area contributed by atoms with Crippen molar-refractivity contribution in [3.05, 3.63) is 45.4 Å². The number of rotatable bonds is 4. The highest BCUT2D eigenvalue weighted by Crippen LogP contribution is 2.15. The molecule has 0 saturated carbocycles. The van der Waals surface area contributed by atoms with Crippen molar-refractivity contribution < 1.29 is 0 Å². The van der Waals surface area contributed by atoms with Crippen LogP contribution in [0.15, 0.2) is 24.3 Å². The molecular weight excluding hydrogens is 254 g/mol. The van der Waals surface area contributed by atoms with Crippen LogP contribution < -0.4 is 5.32 Å². The van der Waals surface area contributed by atoms with Gasteiger partial charge in [-0.25, -0.2) is 0 Å². The Morgan fingerprint density at radius 1 is 1.05 bits per heavy atom. The summed E-state index contributed by atoms with van der Waals surface area (Å²) in [5.74, 6) is 0. The standard InChI is InChI=1S/C15H21N3S/c1-11-5-7-12(8-6-11)9-13-17-18-14(19-13)10-16-15(2,3)4/h5-8,16H,9-10H2,1-4H3. The van der Waals surface area contributed by atoms with Gasteiger partial charge in [-0.1, -0.05) is 41.2 Å². The van der Waals surface area contributed by atoms with E-state index in [-0.39, 0.29) is 5.54 Å². The maximum atomic E-state index is 4.26. The van der Waals surface area contributed by atoms with Gasteiger partial charge in [0, 0.05) is 12.0 Å². The molecule has 0 spiro atoms. The van der Waals surface area contributed by atoms with E-state index in [1.165, 1.54) is 11.1 Å². The maximum absolute atomic E-state index is 4.26. The second-order valence-electron chi connectivity index (χ2n) is 5.86. The summed E-state index contributed by atoms with van der Waals surface area (Å²) in [6, 6.07) is 8.59. The van der Waals surface area contributed by atoms with Gasteiger partial charge >= 0.3 is 0 Å². The molecule has 0 fully saturated rings. The Balaban J connectivity index is 1.95. The number of aryl methyl sites for hydroxylation is 1. The zero-order chi connectivity index (χ0) is 13.9. The predicted octanol–water partition coefficient (Wildman–Crippen LogP) is 3.33. The fraction of sp³-hybridized carbons (Fsp3) is 0.467. The van der Waals surface area contributed by atoms with E-state index in [2.05, 4.69) is 67.5 Å². The van der Waals surface area contributed by atoms with Crippen molar-refractivity contribution in [2.24, 2.45) is 0 Å². The average molecular weight is 275 g/mol. The lowest BCUT2D eigenvalue weighted by Gasteiger charge is -2.19. The first-order valence-electron chi connectivity index (χ1n) is 6.54. The van der Waals surface area contributed by atoms with Crippen LogP contribution in [0.1, 0.15) is 41.9 Å². The van der Waals surface area contributed by atoms with Gasteiger partial charge in [-0.05, 0) is 33.3 Å². The average Bonchev–Trinajstić information content (AvgIpc) is 2.77. The Hall–Kier alpha value is -1.26. The number of nitrogens with one attached hydrogen (secondary N) is 1. The van der Waals surface area contributed by atoms with E-state index in [0.29, 0.717) is 0 Å². The Morgan fingerprint density at radius 2 is 1.68 bits per heavy atom. The number of benzene rings is 1. The highest BCUT2D eigenvalue weighted by molar-refractivity contribution is 7.11. The lowest BCUT2D eigenvalue weighted by atomic mass is 10.1. The number of nitrogens with zero attached hydrogens (tertiary/aromatic N) is 2. The second-order valence-corrected chi connectivity index (χ2v) is 7.00. The molecule has 19 heavy (non-hydrogen) atoms. The fourth-order valence-electron chi connectivity index (χ4n) is 1.65. The lowest BCUT2D eigenvalue weighted by molar-refractivity contribution is 0.423. The Kier molecular flexibility index (Phi) is 4.32. The Labute approximate surface area is 119 Å². The molecule has 0 aliphatic heterocycles. The molecule has 0 bridgehead atoms. The molecular formula is C15H21N3S. The summed E-state index contributed by atoms with van der Waals surface area (Å²) in [4.78, 5) is 0. The SMILES string of the molecule is Cc1ccc(Cc2nnc(CNC(C)(C)C)s2)cc1. The van der Waals surface area contributed by atoms with Gasteiger partial charge in [0.15, 0.2) is 0 Å². The monoisotopic (exact) mass is 275 g/mol. The van der Waals surface area contributed by atoms with Gasteiger partial charge in [-0.15, -0.1) is 10.2 Å². The first-order chi connectivity index (χ1) is 8.92. The topological polar surface area (TPSA) is 37.8 Å².